The molecule has 126 valence electrons. The van der Waals surface area contributed by atoms with Crippen LogP contribution in [0, 0.1) is 0 Å². The van der Waals surface area contributed by atoms with Crippen molar-refractivity contribution in [1.29, 1.82) is 0 Å². The molecule has 0 saturated carbocycles. The van der Waals surface area contributed by atoms with Crippen molar-refractivity contribution in [3.63, 3.8) is 0 Å². The molecule has 1 aliphatic rings. The number of carbonyl (C=O) groups excluding carboxylic acids is 2. The van der Waals surface area contributed by atoms with E-state index in [1.165, 1.54) is 24.3 Å². The molecule has 5 nitrogen and oxygen atoms in total. The van der Waals surface area contributed by atoms with Gasteiger partial charge in [-0.2, -0.15) is 13.2 Å². The summed E-state index contributed by atoms with van der Waals surface area (Å²) in [5.41, 5.74) is -0.0321. The van der Waals surface area contributed by atoms with E-state index in [-0.39, 0.29) is 35.1 Å². The normalized spacial score (nSPS) is 17.5. The Morgan fingerprint density at radius 3 is 2.22 bits per heavy atom. The third kappa shape index (κ3) is 4.61. The lowest BCUT2D eigenvalue weighted by Gasteiger charge is -2.34. The molecule has 1 aromatic rings. The second kappa shape index (κ2) is 6.79. The number of hydrogen-bond donors (Lipinski definition) is 2. The first-order valence-corrected chi connectivity index (χ1v) is 7.59. The Kier molecular flexibility index (Phi) is 5.20. The highest BCUT2D eigenvalue weighted by molar-refractivity contribution is 8.00. The van der Waals surface area contributed by atoms with Crippen molar-refractivity contribution in [3.8, 4) is 0 Å². The van der Waals surface area contributed by atoms with Crippen LogP contribution in [0.2, 0.25) is 0 Å². The number of alkyl halides is 3. The van der Waals surface area contributed by atoms with E-state index in [1.807, 2.05) is 0 Å². The predicted octanol–water partition coefficient (Wildman–Crippen LogP) is 2.06. The van der Waals surface area contributed by atoms with Crippen LogP contribution in [0.4, 0.5) is 13.2 Å². The summed E-state index contributed by atoms with van der Waals surface area (Å²) in [6.45, 7) is 0.592. The number of rotatable bonds is 4. The fraction of sp³-hybridized carbons (Fsp3) is 0.429. The van der Waals surface area contributed by atoms with Gasteiger partial charge in [-0.05, 0) is 36.0 Å². The van der Waals surface area contributed by atoms with Crippen molar-refractivity contribution in [2.75, 3.05) is 13.2 Å². The van der Waals surface area contributed by atoms with Crippen LogP contribution in [-0.2, 0) is 9.53 Å². The predicted molar refractivity (Wildman–Crippen MR) is 77.8 cm³/mol. The fourth-order valence-corrected chi connectivity index (χ4v) is 2.79. The van der Waals surface area contributed by atoms with E-state index in [0.717, 1.165) is 0 Å². The summed E-state index contributed by atoms with van der Waals surface area (Å²) in [5, 5.41) is 2.59. The van der Waals surface area contributed by atoms with E-state index < -0.39 is 22.9 Å². The molecule has 9 heteroatoms. The van der Waals surface area contributed by atoms with Crippen LogP contribution in [0.5, 0.6) is 0 Å². The quantitative estimate of drug-likeness (QED) is 0.816. The Morgan fingerprint density at radius 1 is 1.17 bits per heavy atom. The van der Waals surface area contributed by atoms with E-state index >= 15 is 0 Å². The van der Waals surface area contributed by atoms with Crippen LogP contribution in [0.3, 0.4) is 0 Å². The summed E-state index contributed by atoms with van der Waals surface area (Å²) in [7, 11) is 0. The van der Waals surface area contributed by atoms with Gasteiger partial charge in [-0.1, -0.05) is 0 Å². The number of thioether (sulfide) groups is 1. The highest BCUT2D eigenvalue weighted by Gasteiger charge is 2.40. The molecule has 1 saturated heterocycles. The largest absolute Gasteiger partial charge is 0.446 e. The zero-order chi connectivity index (χ0) is 17.1. The van der Waals surface area contributed by atoms with Gasteiger partial charge in [0.1, 0.15) is 5.54 Å². The van der Waals surface area contributed by atoms with Crippen LogP contribution in [0.25, 0.3) is 0 Å². The van der Waals surface area contributed by atoms with Gasteiger partial charge in [0.2, 0.25) is 5.91 Å². The topological polar surface area (TPSA) is 81.4 Å². The SMILES string of the molecule is NC(=O)C1(NC(=O)c2ccc(SC(F)(F)F)cc2)CCOCC1. The van der Waals surface area contributed by atoms with E-state index in [2.05, 4.69) is 5.32 Å². The molecule has 0 aromatic heterocycles. The number of ether oxygens (including phenoxy) is 1. The van der Waals surface area contributed by atoms with E-state index in [9.17, 15) is 22.8 Å². The van der Waals surface area contributed by atoms with Gasteiger partial charge < -0.3 is 15.8 Å². The van der Waals surface area contributed by atoms with Crippen molar-refractivity contribution < 1.29 is 27.5 Å². The molecular weight excluding hydrogens is 333 g/mol. The van der Waals surface area contributed by atoms with E-state index in [0.29, 0.717) is 13.2 Å². The number of nitrogens with one attached hydrogen (secondary N) is 1. The lowest BCUT2D eigenvalue weighted by molar-refractivity contribution is -0.127. The molecule has 1 heterocycles. The molecule has 0 radical (unpaired) electrons. The van der Waals surface area contributed by atoms with Crippen molar-refractivity contribution in [3.05, 3.63) is 29.8 Å². The average Bonchev–Trinajstić information content (AvgIpc) is 2.47. The Balaban J connectivity index is 2.09. The lowest BCUT2D eigenvalue weighted by Crippen LogP contribution is -2.60. The Labute approximate surface area is 134 Å². The van der Waals surface area contributed by atoms with Gasteiger partial charge >= 0.3 is 5.51 Å². The zero-order valence-electron chi connectivity index (χ0n) is 12.0. The minimum atomic E-state index is -4.39. The molecule has 0 unspecified atom stereocenters. The number of amides is 2. The van der Waals surface area contributed by atoms with Gasteiger partial charge in [-0.15, -0.1) is 0 Å². The van der Waals surface area contributed by atoms with Gasteiger partial charge in [0.25, 0.3) is 5.91 Å². The molecule has 0 bridgehead atoms. The minimum Gasteiger partial charge on any atom is -0.381 e. The van der Waals surface area contributed by atoms with Crippen molar-refractivity contribution in [1.82, 2.24) is 5.32 Å². The summed E-state index contributed by atoms with van der Waals surface area (Å²) < 4.78 is 42.0. The average molecular weight is 348 g/mol. The molecule has 1 fully saturated rings. The van der Waals surface area contributed by atoms with E-state index in [1.54, 1.807) is 0 Å². The van der Waals surface area contributed by atoms with Crippen LogP contribution in [0.15, 0.2) is 29.2 Å². The molecule has 0 aliphatic carbocycles. The molecule has 2 rings (SSSR count). The van der Waals surface area contributed by atoms with Crippen LogP contribution >= 0.6 is 11.8 Å². The van der Waals surface area contributed by atoms with Gasteiger partial charge in [0.05, 0.1) is 0 Å². The molecule has 23 heavy (non-hydrogen) atoms. The number of nitrogens with two attached hydrogens (primary N) is 1. The summed E-state index contributed by atoms with van der Waals surface area (Å²) in [6.07, 6.45) is 0.520. The first-order valence-electron chi connectivity index (χ1n) is 6.78. The summed E-state index contributed by atoms with van der Waals surface area (Å²) in [6, 6.07) is 4.96. The van der Waals surface area contributed by atoms with Crippen molar-refractivity contribution in [2.45, 2.75) is 28.8 Å². The maximum atomic E-state index is 12.3. The first kappa shape index (κ1) is 17.6. The molecular formula is C14H15F3N2O3S. The van der Waals surface area contributed by atoms with Gasteiger partial charge in [0, 0.05) is 36.5 Å². The molecule has 1 aliphatic heterocycles. The summed E-state index contributed by atoms with van der Waals surface area (Å²) in [4.78, 5) is 23.9. The smallest absolute Gasteiger partial charge is 0.381 e. The zero-order valence-corrected chi connectivity index (χ0v) is 12.8. The Morgan fingerprint density at radius 2 is 1.74 bits per heavy atom. The number of carbonyl (C=O) groups is 2. The molecule has 3 N–H and O–H groups in total. The lowest BCUT2D eigenvalue weighted by atomic mass is 9.89. The second-order valence-corrected chi connectivity index (χ2v) is 6.22. The third-order valence-corrected chi connectivity index (χ3v) is 4.26. The third-order valence-electron chi connectivity index (χ3n) is 3.52. The molecule has 0 atom stereocenters. The van der Waals surface area contributed by atoms with Crippen LogP contribution < -0.4 is 11.1 Å². The van der Waals surface area contributed by atoms with Crippen LogP contribution in [0.1, 0.15) is 23.2 Å². The molecule has 2 amide bonds. The number of hydrogen-bond acceptors (Lipinski definition) is 4. The second-order valence-electron chi connectivity index (χ2n) is 5.09. The highest BCUT2D eigenvalue weighted by atomic mass is 32.2. The van der Waals surface area contributed by atoms with Gasteiger partial charge in [-0.25, -0.2) is 0 Å². The number of primary amides is 1. The maximum absolute atomic E-state index is 12.3. The Bertz CT molecular complexity index is 584. The van der Waals surface area contributed by atoms with Crippen LogP contribution in [-0.4, -0.2) is 36.1 Å². The minimum absolute atomic E-state index is 0.0234. The maximum Gasteiger partial charge on any atom is 0.446 e. The summed E-state index contributed by atoms with van der Waals surface area (Å²) >= 11 is -0.261. The van der Waals surface area contributed by atoms with Gasteiger partial charge in [-0.3, -0.25) is 9.59 Å². The highest BCUT2D eigenvalue weighted by Crippen LogP contribution is 2.36. The number of benzene rings is 1. The first-order chi connectivity index (χ1) is 10.7. The van der Waals surface area contributed by atoms with Crippen molar-refractivity contribution >= 4 is 23.6 Å². The van der Waals surface area contributed by atoms with E-state index in [4.69, 9.17) is 10.5 Å². The van der Waals surface area contributed by atoms with Crippen molar-refractivity contribution in [2.24, 2.45) is 5.73 Å². The molecule has 1 aromatic carbocycles. The standard InChI is InChI=1S/C14H15F3N2O3S/c15-14(16,17)23-10-3-1-9(2-4-10)11(20)19-13(12(18)21)5-7-22-8-6-13/h1-4H,5-8H2,(H2,18,21)(H,19,20). The monoisotopic (exact) mass is 348 g/mol. The number of halogens is 3. The van der Waals surface area contributed by atoms with Gasteiger partial charge in [0.15, 0.2) is 0 Å². The fourth-order valence-electron chi connectivity index (χ4n) is 2.25. The Hall–Kier alpha value is -1.74. The molecule has 0 spiro atoms. The summed E-state index contributed by atoms with van der Waals surface area (Å²) in [5.74, 6) is -1.22.